The lowest BCUT2D eigenvalue weighted by atomic mass is 9.40. The Morgan fingerprint density at radius 3 is 2.24 bits per heavy atom. The fraction of sp³-hybridized carbons (Fsp3) is 0.892. The molecule has 1 amide bonds. The van der Waals surface area contributed by atoms with Crippen molar-refractivity contribution in [1.82, 2.24) is 9.80 Å². The molecule has 6 aliphatic carbocycles. The van der Waals surface area contributed by atoms with Crippen molar-refractivity contribution in [2.45, 2.75) is 118 Å². The van der Waals surface area contributed by atoms with Gasteiger partial charge in [-0.15, -0.1) is 0 Å². The summed E-state index contributed by atoms with van der Waals surface area (Å²) in [5.74, 6) is 3.44. The van der Waals surface area contributed by atoms with E-state index in [9.17, 15) is 9.59 Å². The number of likely N-dealkylation sites (N-methyl/N-ethyl adjacent to an activating group) is 1. The normalized spacial score (nSPS) is 49.0. The maximum atomic E-state index is 14.7. The van der Waals surface area contributed by atoms with Crippen LogP contribution in [0.1, 0.15) is 112 Å². The van der Waals surface area contributed by atoms with Gasteiger partial charge in [0.1, 0.15) is 6.10 Å². The molecule has 1 unspecified atom stereocenters. The average Bonchev–Trinajstić information content (AvgIpc) is 3.44. The summed E-state index contributed by atoms with van der Waals surface area (Å²) < 4.78 is 5.95. The number of rotatable bonds is 4. The largest absolute Gasteiger partial charge is 0.462 e. The van der Waals surface area contributed by atoms with Crippen molar-refractivity contribution in [3.8, 4) is 0 Å². The number of nitrogens with zero attached hydrogens (tertiary/aromatic N) is 2. The molecule has 7 aliphatic rings. The zero-order chi connectivity index (χ0) is 29.9. The summed E-state index contributed by atoms with van der Waals surface area (Å²) in [7, 11) is 0. The van der Waals surface area contributed by atoms with E-state index in [1.165, 1.54) is 50.5 Å². The molecule has 0 bridgehead atoms. The fourth-order valence-corrected chi connectivity index (χ4v) is 13.9. The van der Waals surface area contributed by atoms with Crippen molar-refractivity contribution in [3.05, 3.63) is 12.2 Å². The van der Waals surface area contributed by atoms with Crippen LogP contribution < -0.4 is 0 Å². The van der Waals surface area contributed by atoms with Gasteiger partial charge in [-0.25, -0.2) is 0 Å². The van der Waals surface area contributed by atoms with Crippen molar-refractivity contribution >= 4 is 11.9 Å². The Bertz CT molecular complexity index is 1160. The Hall–Kier alpha value is -1.36. The first-order chi connectivity index (χ1) is 19.9. The maximum Gasteiger partial charge on any atom is 0.302 e. The third kappa shape index (κ3) is 3.70. The van der Waals surface area contributed by atoms with E-state index < -0.39 is 0 Å². The molecule has 5 nitrogen and oxygen atoms in total. The Morgan fingerprint density at radius 1 is 0.833 bits per heavy atom. The van der Waals surface area contributed by atoms with Crippen LogP contribution in [0.25, 0.3) is 0 Å². The molecule has 1 aliphatic heterocycles. The lowest BCUT2D eigenvalue weighted by molar-refractivity contribution is -0.199. The van der Waals surface area contributed by atoms with Crippen molar-refractivity contribution < 1.29 is 14.3 Å². The second-order valence-corrected chi connectivity index (χ2v) is 17.2. The minimum Gasteiger partial charge on any atom is -0.462 e. The molecule has 234 valence electrons. The van der Waals surface area contributed by atoms with Crippen LogP contribution in [0.3, 0.4) is 0 Å². The molecule has 0 aromatic heterocycles. The highest BCUT2D eigenvalue weighted by Gasteiger charge is 2.82. The molecule has 7 fully saturated rings. The molecule has 1 heterocycles. The number of amides is 1. The van der Waals surface area contributed by atoms with Gasteiger partial charge in [0, 0.05) is 38.5 Å². The molecule has 7 rings (SSSR count). The standard InChI is InChI=1S/C37H58N2O3/c1-8-38-19-21-39(22-20-38)32(41)35-15-11-26(24(2)3)31(35)27-9-10-29-34(7)14-13-30(42-25(4)40)33(5,6)28(34)12-16-37(29)23-36(27,37)18-17-35/h26-31H,2,8-23H2,1,3-7H3/t26-,27+,28-,29+,30?,31+,34-,35-,36-,37-/m0/s1. The molecule has 5 heteroatoms. The summed E-state index contributed by atoms with van der Waals surface area (Å²) >= 11 is 0. The number of esters is 1. The Balaban J connectivity index is 1.19. The summed E-state index contributed by atoms with van der Waals surface area (Å²) in [4.78, 5) is 31.4. The summed E-state index contributed by atoms with van der Waals surface area (Å²) in [5.41, 5.74) is 2.42. The first-order valence-electron chi connectivity index (χ1n) is 17.7. The van der Waals surface area contributed by atoms with Gasteiger partial charge in [-0.1, -0.05) is 39.8 Å². The van der Waals surface area contributed by atoms with Gasteiger partial charge >= 0.3 is 5.97 Å². The van der Waals surface area contributed by atoms with Crippen molar-refractivity contribution in [1.29, 1.82) is 0 Å². The zero-order valence-corrected chi connectivity index (χ0v) is 27.6. The van der Waals surface area contributed by atoms with Crippen molar-refractivity contribution in [2.24, 2.45) is 56.7 Å². The number of carbonyl (C=O) groups is 2. The second-order valence-electron chi connectivity index (χ2n) is 17.2. The molecular weight excluding hydrogens is 520 g/mol. The fourth-order valence-electron chi connectivity index (χ4n) is 13.9. The van der Waals surface area contributed by atoms with Crippen LogP contribution in [-0.4, -0.2) is 60.5 Å². The molecule has 6 saturated carbocycles. The van der Waals surface area contributed by atoms with E-state index in [-0.39, 0.29) is 22.9 Å². The number of carbonyl (C=O) groups excluding carboxylic acids is 2. The van der Waals surface area contributed by atoms with Crippen LogP contribution in [0.15, 0.2) is 12.2 Å². The van der Waals surface area contributed by atoms with Crippen LogP contribution in [0, 0.1) is 56.7 Å². The third-order valence-electron chi connectivity index (χ3n) is 15.7. The highest BCUT2D eigenvalue weighted by Crippen LogP contribution is 2.88. The Kier molecular flexibility index (Phi) is 6.69. The number of fused-ring (bicyclic) bond motifs is 4. The van der Waals surface area contributed by atoms with Crippen LogP contribution in [0.2, 0.25) is 0 Å². The lowest BCUT2D eigenvalue weighted by Gasteiger charge is -2.65. The average molecular weight is 579 g/mol. The molecule has 42 heavy (non-hydrogen) atoms. The number of allylic oxidation sites excluding steroid dienone is 1. The molecule has 0 aromatic rings. The van der Waals surface area contributed by atoms with Gasteiger partial charge in [-0.2, -0.15) is 0 Å². The molecule has 0 radical (unpaired) electrons. The topological polar surface area (TPSA) is 49.9 Å². The number of ether oxygens (including phenoxy) is 1. The van der Waals surface area contributed by atoms with E-state index in [0.29, 0.717) is 45.8 Å². The van der Waals surface area contributed by atoms with E-state index in [0.717, 1.165) is 64.3 Å². The first kappa shape index (κ1) is 29.4. The molecule has 10 atom stereocenters. The Morgan fingerprint density at radius 2 is 1.57 bits per heavy atom. The highest BCUT2D eigenvalue weighted by molar-refractivity contribution is 5.84. The summed E-state index contributed by atoms with van der Waals surface area (Å²) in [6.07, 6.45) is 13.5. The van der Waals surface area contributed by atoms with Crippen LogP contribution in [0.5, 0.6) is 0 Å². The van der Waals surface area contributed by atoms with E-state index in [1.54, 1.807) is 6.92 Å². The van der Waals surface area contributed by atoms with Crippen molar-refractivity contribution in [2.75, 3.05) is 32.7 Å². The smallest absolute Gasteiger partial charge is 0.302 e. The van der Waals surface area contributed by atoms with Crippen molar-refractivity contribution in [3.63, 3.8) is 0 Å². The first-order valence-corrected chi connectivity index (χ1v) is 17.7. The predicted octanol–water partition coefficient (Wildman–Crippen LogP) is 7.10. The molecular formula is C37H58N2O3. The van der Waals surface area contributed by atoms with Gasteiger partial charge in [-0.05, 0) is 130 Å². The number of piperazine rings is 1. The van der Waals surface area contributed by atoms with Gasteiger partial charge in [-0.3, -0.25) is 9.59 Å². The summed E-state index contributed by atoms with van der Waals surface area (Å²) in [6.45, 7) is 23.0. The summed E-state index contributed by atoms with van der Waals surface area (Å²) in [5, 5.41) is 0. The van der Waals surface area contributed by atoms with E-state index in [4.69, 9.17) is 4.74 Å². The monoisotopic (exact) mass is 578 g/mol. The summed E-state index contributed by atoms with van der Waals surface area (Å²) in [6, 6.07) is 0. The van der Waals surface area contributed by atoms with Crippen LogP contribution in [0.4, 0.5) is 0 Å². The van der Waals surface area contributed by atoms with Gasteiger partial charge in [0.2, 0.25) is 5.91 Å². The molecule has 2 spiro atoms. The molecule has 0 N–H and O–H groups in total. The third-order valence-corrected chi connectivity index (χ3v) is 15.7. The molecule has 0 aromatic carbocycles. The predicted molar refractivity (Wildman–Crippen MR) is 166 cm³/mol. The number of hydrogen-bond donors (Lipinski definition) is 0. The van der Waals surface area contributed by atoms with Gasteiger partial charge in [0.05, 0.1) is 5.41 Å². The second kappa shape index (κ2) is 9.57. The van der Waals surface area contributed by atoms with Crippen LogP contribution in [-0.2, 0) is 14.3 Å². The quantitative estimate of drug-likeness (QED) is 0.264. The maximum absolute atomic E-state index is 14.7. The van der Waals surface area contributed by atoms with Gasteiger partial charge in [0.25, 0.3) is 0 Å². The number of hydrogen-bond acceptors (Lipinski definition) is 4. The van der Waals surface area contributed by atoms with Gasteiger partial charge in [0.15, 0.2) is 0 Å². The lowest BCUT2D eigenvalue weighted by Crippen LogP contribution is -2.61. The van der Waals surface area contributed by atoms with E-state index in [2.05, 4.69) is 51.0 Å². The van der Waals surface area contributed by atoms with E-state index >= 15 is 0 Å². The van der Waals surface area contributed by atoms with E-state index in [1.807, 2.05) is 0 Å². The highest BCUT2D eigenvalue weighted by atomic mass is 16.5. The SMILES string of the molecule is C=C(C)[C@@H]1CC[C@]2(C(=O)N3CCN(CC)CC3)CC[C@@]34C[C@]35CC[C@H]3C(C)(C)C(OC(C)=O)CC[C@]3(C)[C@H]5CC[C@@H]4[C@@H]12. The molecule has 1 saturated heterocycles. The van der Waals surface area contributed by atoms with Gasteiger partial charge < -0.3 is 14.5 Å². The zero-order valence-electron chi connectivity index (χ0n) is 27.6. The van der Waals surface area contributed by atoms with Crippen LogP contribution >= 0.6 is 0 Å². The Labute approximate surface area is 255 Å². The minimum absolute atomic E-state index is 0.0195. The minimum atomic E-state index is -0.157.